The molecule has 0 bridgehead atoms. The molecule has 0 saturated carbocycles. The summed E-state index contributed by atoms with van der Waals surface area (Å²) in [5.74, 6) is -0.559. The lowest BCUT2D eigenvalue weighted by molar-refractivity contribution is -0.138. The average molecular weight is 392 g/mol. The molecule has 1 heterocycles. The van der Waals surface area contributed by atoms with E-state index >= 15 is 0 Å². The van der Waals surface area contributed by atoms with Gasteiger partial charge >= 0.3 is 0 Å². The number of carbonyl (C=O) groups is 2. The number of rotatable bonds is 7. The van der Waals surface area contributed by atoms with Gasteiger partial charge in [0, 0.05) is 12.7 Å². The second kappa shape index (κ2) is 8.62. The van der Waals surface area contributed by atoms with E-state index < -0.39 is 0 Å². The van der Waals surface area contributed by atoms with Crippen LogP contribution >= 0.6 is 0 Å². The van der Waals surface area contributed by atoms with Crippen LogP contribution in [0, 0.1) is 13.8 Å². The smallest absolute Gasteiger partial charge is 0.278 e. The van der Waals surface area contributed by atoms with Crippen molar-refractivity contribution in [2.45, 2.75) is 33.8 Å². The van der Waals surface area contributed by atoms with Crippen LogP contribution in [0.25, 0.3) is 5.57 Å². The highest BCUT2D eigenvalue weighted by molar-refractivity contribution is 6.36. The number of benzene rings is 2. The van der Waals surface area contributed by atoms with Crippen molar-refractivity contribution in [3.8, 4) is 0 Å². The van der Waals surface area contributed by atoms with Crippen LogP contribution in [0.3, 0.4) is 0 Å². The number of aryl methyl sites for hydroxylation is 2. The van der Waals surface area contributed by atoms with Crippen molar-refractivity contribution in [3.63, 3.8) is 0 Å². The van der Waals surface area contributed by atoms with Gasteiger partial charge in [-0.05, 0) is 51.0 Å². The Bertz CT molecular complexity index is 948. The summed E-state index contributed by atoms with van der Waals surface area (Å²) in [5.41, 5.74) is 4.58. The third-order valence-corrected chi connectivity index (χ3v) is 5.04. The van der Waals surface area contributed by atoms with E-state index in [-0.39, 0.29) is 24.5 Å². The Kier molecular flexibility index (Phi) is 6.18. The van der Waals surface area contributed by atoms with Crippen LogP contribution in [0.5, 0.6) is 0 Å². The Hall–Kier alpha value is -2.92. The molecule has 3 rings (SSSR count). The van der Waals surface area contributed by atoms with Gasteiger partial charge in [0.25, 0.3) is 11.8 Å². The monoisotopic (exact) mass is 392 g/mol. The molecule has 0 fully saturated rings. The van der Waals surface area contributed by atoms with E-state index in [1.165, 1.54) is 4.90 Å². The lowest BCUT2D eigenvalue weighted by Crippen LogP contribution is -2.37. The third kappa shape index (κ3) is 4.25. The molecule has 0 spiro atoms. The van der Waals surface area contributed by atoms with Crippen LogP contribution in [0.4, 0.5) is 5.69 Å². The number of para-hydroxylation sites is 1. The topological polar surface area (TPSA) is 49.9 Å². The molecule has 29 heavy (non-hydrogen) atoms. The number of ether oxygens (including phenoxy) is 1. The first-order chi connectivity index (χ1) is 13.8. The van der Waals surface area contributed by atoms with Crippen molar-refractivity contribution in [2.24, 2.45) is 0 Å². The molecule has 1 aliphatic heterocycles. The molecule has 0 aliphatic carbocycles. The molecule has 0 aromatic heterocycles. The second-order valence-corrected chi connectivity index (χ2v) is 7.62. The summed E-state index contributed by atoms with van der Waals surface area (Å²) in [7, 11) is 1.83. The molecule has 0 saturated heterocycles. The van der Waals surface area contributed by atoms with Crippen molar-refractivity contribution in [2.75, 3.05) is 25.1 Å². The maximum atomic E-state index is 13.3. The summed E-state index contributed by atoms with van der Waals surface area (Å²) in [6.45, 7) is 8.40. The van der Waals surface area contributed by atoms with Crippen molar-refractivity contribution in [1.82, 2.24) is 4.90 Å². The number of hydrogen-bond acceptors (Lipinski definition) is 4. The number of hydrogen-bond donors (Lipinski definition) is 0. The van der Waals surface area contributed by atoms with Gasteiger partial charge in [-0.3, -0.25) is 14.5 Å². The Morgan fingerprint density at radius 3 is 2.31 bits per heavy atom. The summed E-state index contributed by atoms with van der Waals surface area (Å²) in [6, 6.07) is 15.5. The molecular formula is C24H28N2O3. The molecule has 0 N–H and O–H groups in total. The molecular weight excluding hydrogens is 364 g/mol. The predicted molar refractivity (Wildman–Crippen MR) is 115 cm³/mol. The molecule has 1 aliphatic rings. The van der Waals surface area contributed by atoms with Crippen LogP contribution < -0.4 is 4.90 Å². The molecule has 0 unspecified atom stereocenters. The zero-order chi connectivity index (χ0) is 21.1. The highest BCUT2D eigenvalue weighted by atomic mass is 16.5. The van der Waals surface area contributed by atoms with Gasteiger partial charge in [-0.25, -0.2) is 0 Å². The highest BCUT2D eigenvalue weighted by Gasteiger charge is 2.41. The Morgan fingerprint density at radius 1 is 1.00 bits per heavy atom. The second-order valence-electron chi connectivity index (χ2n) is 7.62. The number of anilines is 1. The first-order valence-corrected chi connectivity index (χ1v) is 9.89. The van der Waals surface area contributed by atoms with Gasteiger partial charge in [0.05, 0.1) is 24.8 Å². The van der Waals surface area contributed by atoms with Crippen LogP contribution in [0.15, 0.2) is 54.2 Å². The lowest BCUT2D eigenvalue weighted by atomic mass is 9.97. The molecule has 0 radical (unpaired) electrons. The summed E-state index contributed by atoms with van der Waals surface area (Å²) < 4.78 is 5.58. The highest BCUT2D eigenvalue weighted by Crippen LogP contribution is 2.34. The average Bonchev–Trinajstić information content (AvgIpc) is 2.92. The van der Waals surface area contributed by atoms with Crippen molar-refractivity contribution < 1.29 is 14.3 Å². The largest absolute Gasteiger partial charge is 0.377 e. The zero-order valence-electron chi connectivity index (χ0n) is 17.7. The molecule has 0 atom stereocenters. The standard InChI is InChI=1S/C24H28N2O3/c1-16(2)29-14-13-26-23(27)21(20-12-11-17(3)15-18(20)4)22(24(26)28)25(5)19-9-7-6-8-10-19/h6-12,15-16H,13-14H2,1-5H3. The van der Waals surface area contributed by atoms with Gasteiger partial charge in [-0.2, -0.15) is 0 Å². The Balaban J connectivity index is 2.06. The Labute approximate surface area is 172 Å². The minimum atomic E-state index is -0.288. The number of amides is 2. The summed E-state index contributed by atoms with van der Waals surface area (Å²) in [4.78, 5) is 29.8. The van der Waals surface area contributed by atoms with Crippen molar-refractivity contribution in [1.29, 1.82) is 0 Å². The number of carbonyl (C=O) groups excluding carboxylic acids is 2. The van der Waals surface area contributed by atoms with Crippen LogP contribution in [0.2, 0.25) is 0 Å². The van der Waals surface area contributed by atoms with E-state index in [9.17, 15) is 9.59 Å². The van der Waals surface area contributed by atoms with E-state index in [2.05, 4.69) is 0 Å². The minimum Gasteiger partial charge on any atom is -0.377 e. The van der Waals surface area contributed by atoms with E-state index in [1.807, 2.05) is 83.3 Å². The zero-order valence-corrected chi connectivity index (χ0v) is 17.7. The quantitative estimate of drug-likeness (QED) is 0.670. The fraction of sp³-hybridized carbons (Fsp3) is 0.333. The van der Waals surface area contributed by atoms with E-state index in [1.54, 1.807) is 4.90 Å². The fourth-order valence-electron chi connectivity index (χ4n) is 3.57. The minimum absolute atomic E-state index is 0.0426. The maximum Gasteiger partial charge on any atom is 0.278 e. The van der Waals surface area contributed by atoms with E-state index in [0.29, 0.717) is 17.9 Å². The lowest BCUT2D eigenvalue weighted by Gasteiger charge is -2.22. The molecule has 2 aromatic carbocycles. The van der Waals surface area contributed by atoms with Gasteiger partial charge < -0.3 is 9.64 Å². The van der Waals surface area contributed by atoms with Crippen molar-refractivity contribution >= 4 is 23.1 Å². The van der Waals surface area contributed by atoms with Crippen LogP contribution in [-0.4, -0.2) is 43.0 Å². The molecule has 152 valence electrons. The number of likely N-dealkylation sites (N-methyl/N-ethyl adjacent to an activating group) is 1. The maximum absolute atomic E-state index is 13.3. The van der Waals surface area contributed by atoms with Gasteiger partial charge in [0.1, 0.15) is 5.70 Å². The summed E-state index contributed by atoms with van der Waals surface area (Å²) >= 11 is 0. The first kappa shape index (κ1) is 20.8. The number of imide groups is 1. The Morgan fingerprint density at radius 2 is 1.69 bits per heavy atom. The summed E-state index contributed by atoms with van der Waals surface area (Å²) in [5, 5.41) is 0. The number of nitrogens with zero attached hydrogens (tertiary/aromatic N) is 2. The third-order valence-electron chi connectivity index (χ3n) is 5.04. The normalized spacial score (nSPS) is 14.3. The van der Waals surface area contributed by atoms with E-state index in [4.69, 9.17) is 4.74 Å². The van der Waals surface area contributed by atoms with Gasteiger partial charge in [0.2, 0.25) is 0 Å². The molecule has 5 nitrogen and oxygen atoms in total. The molecule has 2 amide bonds. The summed E-state index contributed by atoms with van der Waals surface area (Å²) in [6.07, 6.45) is 0.0426. The van der Waals surface area contributed by atoms with Gasteiger partial charge in [0.15, 0.2) is 0 Å². The van der Waals surface area contributed by atoms with Crippen LogP contribution in [-0.2, 0) is 14.3 Å². The van der Waals surface area contributed by atoms with Gasteiger partial charge in [-0.15, -0.1) is 0 Å². The van der Waals surface area contributed by atoms with Crippen LogP contribution in [0.1, 0.15) is 30.5 Å². The predicted octanol–water partition coefficient (Wildman–Crippen LogP) is 3.94. The van der Waals surface area contributed by atoms with Crippen molar-refractivity contribution in [3.05, 3.63) is 70.9 Å². The first-order valence-electron chi connectivity index (χ1n) is 9.89. The molecule has 2 aromatic rings. The van der Waals surface area contributed by atoms with Gasteiger partial charge in [-0.1, -0.05) is 42.0 Å². The molecule has 5 heteroatoms. The fourth-order valence-corrected chi connectivity index (χ4v) is 3.57. The van der Waals surface area contributed by atoms with E-state index in [0.717, 1.165) is 22.4 Å². The SMILES string of the molecule is Cc1ccc(C2=C(N(C)c3ccccc3)C(=O)N(CCOC(C)C)C2=O)c(C)c1.